The van der Waals surface area contributed by atoms with Crippen molar-refractivity contribution < 1.29 is 4.79 Å². The Morgan fingerprint density at radius 2 is 2.00 bits per heavy atom. The molecule has 2 rings (SSSR count). The summed E-state index contributed by atoms with van der Waals surface area (Å²) in [6.45, 7) is 5.27. The number of hydrogen-bond acceptors (Lipinski definition) is 2. The van der Waals surface area contributed by atoms with Crippen LogP contribution in [-0.2, 0) is 6.54 Å². The van der Waals surface area contributed by atoms with Crippen LogP contribution in [0.2, 0.25) is 0 Å². The Bertz CT molecular complexity index is 403. The lowest BCUT2D eigenvalue weighted by atomic mass is 9.78. The van der Waals surface area contributed by atoms with Crippen molar-refractivity contribution in [2.24, 2.45) is 11.8 Å². The van der Waals surface area contributed by atoms with Gasteiger partial charge < -0.3 is 4.57 Å². The van der Waals surface area contributed by atoms with Gasteiger partial charge in [-0.2, -0.15) is 0 Å². The summed E-state index contributed by atoms with van der Waals surface area (Å²) >= 11 is 0. The van der Waals surface area contributed by atoms with Gasteiger partial charge in [0.25, 0.3) is 0 Å². The molecule has 3 heteroatoms. The molecule has 0 aromatic carbocycles. The SMILES string of the molecule is CCCC1CCC(C(=O)c2nccn2CCC)CC1. The molecule has 1 saturated carbocycles. The number of Topliss-reactive ketones (excluding diaryl/α,β-unsaturated/α-hetero) is 1. The maximum absolute atomic E-state index is 12.5. The minimum Gasteiger partial charge on any atom is -0.329 e. The van der Waals surface area contributed by atoms with Gasteiger partial charge in [-0.1, -0.05) is 26.7 Å². The van der Waals surface area contributed by atoms with E-state index in [-0.39, 0.29) is 11.7 Å². The van der Waals surface area contributed by atoms with Crippen LogP contribution in [0.5, 0.6) is 0 Å². The molecule has 3 nitrogen and oxygen atoms in total. The molecule has 1 heterocycles. The number of hydrogen-bond donors (Lipinski definition) is 0. The molecule has 0 saturated heterocycles. The van der Waals surface area contributed by atoms with E-state index in [2.05, 4.69) is 18.8 Å². The van der Waals surface area contributed by atoms with Crippen LogP contribution in [-0.4, -0.2) is 15.3 Å². The van der Waals surface area contributed by atoms with Gasteiger partial charge in [0, 0.05) is 24.9 Å². The summed E-state index contributed by atoms with van der Waals surface area (Å²) in [4.78, 5) is 16.8. The lowest BCUT2D eigenvalue weighted by Gasteiger charge is -2.27. The van der Waals surface area contributed by atoms with Crippen molar-refractivity contribution in [1.29, 1.82) is 0 Å². The molecular weight excluding hydrogens is 236 g/mol. The van der Waals surface area contributed by atoms with Crippen molar-refractivity contribution in [2.45, 2.75) is 65.3 Å². The molecule has 0 unspecified atom stereocenters. The van der Waals surface area contributed by atoms with Gasteiger partial charge in [-0.15, -0.1) is 0 Å². The van der Waals surface area contributed by atoms with Crippen LogP contribution in [0.4, 0.5) is 0 Å². The molecule has 0 aliphatic heterocycles. The van der Waals surface area contributed by atoms with Gasteiger partial charge in [-0.3, -0.25) is 4.79 Å². The smallest absolute Gasteiger partial charge is 0.201 e. The van der Waals surface area contributed by atoms with Crippen molar-refractivity contribution in [2.75, 3.05) is 0 Å². The van der Waals surface area contributed by atoms with Crippen LogP contribution in [0.15, 0.2) is 12.4 Å². The van der Waals surface area contributed by atoms with E-state index >= 15 is 0 Å². The first-order chi connectivity index (χ1) is 9.26. The Labute approximate surface area is 116 Å². The molecule has 1 aromatic rings. The molecule has 0 atom stereocenters. The molecule has 1 aromatic heterocycles. The van der Waals surface area contributed by atoms with E-state index in [0.29, 0.717) is 5.82 Å². The zero-order chi connectivity index (χ0) is 13.7. The number of aromatic nitrogens is 2. The van der Waals surface area contributed by atoms with Gasteiger partial charge in [0.15, 0.2) is 5.82 Å². The van der Waals surface area contributed by atoms with Crippen molar-refractivity contribution >= 4 is 5.78 Å². The minimum atomic E-state index is 0.214. The fourth-order valence-electron chi connectivity index (χ4n) is 3.26. The number of carbonyl (C=O) groups is 1. The second kappa shape index (κ2) is 6.88. The number of ketones is 1. The fraction of sp³-hybridized carbons (Fsp3) is 0.750. The third-order valence-electron chi connectivity index (χ3n) is 4.31. The molecule has 1 aliphatic carbocycles. The highest BCUT2D eigenvalue weighted by Gasteiger charge is 2.28. The summed E-state index contributed by atoms with van der Waals surface area (Å²) in [5, 5.41) is 0. The van der Waals surface area contributed by atoms with E-state index in [9.17, 15) is 4.79 Å². The van der Waals surface area contributed by atoms with Gasteiger partial charge in [-0.25, -0.2) is 4.98 Å². The summed E-state index contributed by atoms with van der Waals surface area (Å²) in [5.74, 6) is 2.02. The first-order valence-corrected chi connectivity index (χ1v) is 7.81. The monoisotopic (exact) mass is 262 g/mol. The number of imidazole rings is 1. The standard InChI is InChI=1S/C16H26N2O/c1-3-5-13-6-8-14(9-7-13)15(19)16-17-10-12-18(16)11-4-2/h10,12-14H,3-9,11H2,1-2H3. The first kappa shape index (κ1) is 14.3. The Kier molecular flexibility index (Phi) is 5.17. The van der Waals surface area contributed by atoms with Gasteiger partial charge in [0.2, 0.25) is 5.78 Å². The lowest BCUT2D eigenvalue weighted by Crippen LogP contribution is -2.24. The molecule has 0 N–H and O–H groups in total. The Morgan fingerprint density at radius 1 is 1.26 bits per heavy atom. The predicted molar refractivity (Wildman–Crippen MR) is 77.2 cm³/mol. The van der Waals surface area contributed by atoms with Crippen LogP contribution in [0.1, 0.15) is 69.4 Å². The van der Waals surface area contributed by atoms with Gasteiger partial charge in [0.1, 0.15) is 0 Å². The Morgan fingerprint density at radius 3 is 2.63 bits per heavy atom. The number of carbonyl (C=O) groups excluding carboxylic acids is 1. The summed E-state index contributed by atoms with van der Waals surface area (Å²) < 4.78 is 2.01. The summed E-state index contributed by atoms with van der Waals surface area (Å²) in [7, 11) is 0. The summed E-state index contributed by atoms with van der Waals surface area (Å²) in [5.41, 5.74) is 0. The second-order valence-electron chi connectivity index (χ2n) is 5.81. The normalized spacial score (nSPS) is 23.5. The van der Waals surface area contributed by atoms with Crippen LogP contribution in [0.3, 0.4) is 0 Å². The van der Waals surface area contributed by atoms with Crippen LogP contribution in [0.25, 0.3) is 0 Å². The Hall–Kier alpha value is -1.12. The quantitative estimate of drug-likeness (QED) is 0.724. The topological polar surface area (TPSA) is 34.9 Å². The maximum Gasteiger partial charge on any atom is 0.201 e. The molecule has 1 aliphatic rings. The highest BCUT2D eigenvalue weighted by Crippen LogP contribution is 2.33. The average molecular weight is 262 g/mol. The molecule has 0 amide bonds. The van der Waals surface area contributed by atoms with Crippen molar-refractivity contribution in [3.8, 4) is 0 Å². The van der Waals surface area contributed by atoms with Gasteiger partial charge in [0.05, 0.1) is 0 Å². The fourth-order valence-corrected chi connectivity index (χ4v) is 3.26. The van der Waals surface area contributed by atoms with E-state index in [1.807, 2.05) is 10.8 Å². The van der Waals surface area contributed by atoms with Crippen LogP contribution >= 0.6 is 0 Å². The highest BCUT2D eigenvalue weighted by atomic mass is 16.1. The second-order valence-corrected chi connectivity index (χ2v) is 5.81. The predicted octanol–water partition coefficient (Wildman–Crippen LogP) is 4.08. The van der Waals surface area contributed by atoms with Gasteiger partial charge >= 0.3 is 0 Å². The van der Waals surface area contributed by atoms with Gasteiger partial charge in [-0.05, 0) is 38.0 Å². The lowest BCUT2D eigenvalue weighted by molar-refractivity contribution is 0.0854. The zero-order valence-corrected chi connectivity index (χ0v) is 12.3. The third-order valence-corrected chi connectivity index (χ3v) is 4.31. The molecule has 106 valence electrons. The molecule has 1 fully saturated rings. The molecule has 0 spiro atoms. The van der Waals surface area contributed by atoms with E-state index < -0.39 is 0 Å². The van der Waals surface area contributed by atoms with Crippen molar-refractivity contribution in [1.82, 2.24) is 9.55 Å². The Balaban J connectivity index is 1.95. The first-order valence-electron chi connectivity index (χ1n) is 7.81. The summed E-state index contributed by atoms with van der Waals surface area (Å²) in [6, 6.07) is 0. The molecule has 0 bridgehead atoms. The number of nitrogens with zero attached hydrogens (tertiary/aromatic N) is 2. The highest BCUT2D eigenvalue weighted by molar-refractivity contribution is 5.94. The summed E-state index contributed by atoms with van der Waals surface area (Å²) in [6.07, 6.45) is 11.9. The van der Waals surface area contributed by atoms with Crippen LogP contribution in [0, 0.1) is 11.8 Å². The van der Waals surface area contributed by atoms with E-state index in [4.69, 9.17) is 0 Å². The number of rotatable bonds is 6. The zero-order valence-electron chi connectivity index (χ0n) is 12.3. The minimum absolute atomic E-state index is 0.214. The average Bonchev–Trinajstić information content (AvgIpc) is 2.88. The third kappa shape index (κ3) is 3.46. The van der Waals surface area contributed by atoms with E-state index in [0.717, 1.165) is 31.7 Å². The largest absolute Gasteiger partial charge is 0.329 e. The molecular formula is C16H26N2O. The van der Waals surface area contributed by atoms with Crippen molar-refractivity contribution in [3.05, 3.63) is 18.2 Å². The molecule has 0 radical (unpaired) electrons. The van der Waals surface area contributed by atoms with Crippen LogP contribution < -0.4 is 0 Å². The van der Waals surface area contributed by atoms with Crippen molar-refractivity contribution in [3.63, 3.8) is 0 Å². The number of aryl methyl sites for hydroxylation is 1. The van der Waals surface area contributed by atoms with E-state index in [1.54, 1.807) is 6.20 Å². The molecule has 19 heavy (non-hydrogen) atoms. The van der Waals surface area contributed by atoms with E-state index in [1.165, 1.54) is 25.7 Å². The maximum atomic E-state index is 12.5.